The molecule has 20 heavy (non-hydrogen) atoms. The molecule has 3 rings (SSSR count). The van der Waals surface area contributed by atoms with Crippen molar-refractivity contribution in [2.75, 3.05) is 39.3 Å². The van der Waals surface area contributed by atoms with E-state index in [9.17, 15) is 9.59 Å². The molecule has 2 saturated heterocycles. The lowest BCUT2D eigenvalue weighted by Gasteiger charge is -2.28. The van der Waals surface area contributed by atoms with E-state index >= 15 is 0 Å². The van der Waals surface area contributed by atoms with Gasteiger partial charge < -0.3 is 5.32 Å². The monoisotopic (exact) mass is 279 g/mol. The number of nitrogens with one attached hydrogen (secondary N) is 1. The van der Waals surface area contributed by atoms with E-state index in [1.54, 1.807) is 4.90 Å². The number of amides is 2. The van der Waals surface area contributed by atoms with Crippen LogP contribution in [-0.2, 0) is 9.59 Å². The van der Waals surface area contributed by atoms with Gasteiger partial charge in [0.15, 0.2) is 0 Å². The highest BCUT2D eigenvalue weighted by Gasteiger charge is 2.51. The summed E-state index contributed by atoms with van der Waals surface area (Å²) < 4.78 is 0. The zero-order valence-electron chi connectivity index (χ0n) is 12.3. The first-order valence-electron chi connectivity index (χ1n) is 7.99. The van der Waals surface area contributed by atoms with E-state index in [0.29, 0.717) is 12.5 Å². The number of fused-ring (bicyclic) bond motifs is 1. The second-order valence-corrected chi connectivity index (χ2v) is 6.38. The summed E-state index contributed by atoms with van der Waals surface area (Å²) >= 11 is 0. The van der Waals surface area contributed by atoms with Gasteiger partial charge in [-0.1, -0.05) is 13.3 Å². The molecule has 112 valence electrons. The van der Waals surface area contributed by atoms with Gasteiger partial charge in [0.05, 0.1) is 11.8 Å². The Hall–Kier alpha value is -0.940. The topological polar surface area (TPSA) is 52.7 Å². The van der Waals surface area contributed by atoms with Gasteiger partial charge in [-0.3, -0.25) is 19.4 Å². The Bertz CT molecular complexity index is 369. The number of carbonyl (C=O) groups is 2. The van der Waals surface area contributed by atoms with Crippen molar-refractivity contribution in [3.05, 3.63) is 0 Å². The van der Waals surface area contributed by atoms with Crippen LogP contribution >= 0.6 is 0 Å². The van der Waals surface area contributed by atoms with Crippen LogP contribution in [0.25, 0.3) is 0 Å². The molecule has 2 amide bonds. The van der Waals surface area contributed by atoms with E-state index in [-0.39, 0.29) is 23.7 Å². The Labute approximate surface area is 120 Å². The predicted octanol–water partition coefficient (Wildman–Crippen LogP) is 0.313. The van der Waals surface area contributed by atoms with Crippen molar-refractivity contribution in [2.24, 2.45) is 17.8 Å². The van der Waals surface area contributed by atoms with Crippen LogP contribution < -0.4 is 5.32 Å². The van der Waals surface area contributed by atoms with Gasteiger partial charge in [0.25, 0.3) is 0 Å². The molecule has 0 radical (unpaired) electrons. The maximum absolute atomic E-state index is 12.4. The van der Waals surface area contributed by atoms with Crippen LogP contribution in [0.2, 0.25) is 0 Å². The van der Waals surface area contributed by atoms with Gasteiger partial charge in [0, 0.05) is 39.3 Å². The predicted molar refractivity (Wildman–Crippen MR) is 76.0 cm³/mol. The molecule has 3 aliphatic rings. The first-order chi connectivity index (χ1) is 9.70. The number of hydrogen-bond donors (Lipinski definition) is 1. The van der Waals surface area contributed by atoms with Crippen molar-refractivity contribution in [3.63, 3.8) is 0 Å². The van der Waals surface area contributed by atoms with Gasteiger partial charge >= 0.3 is 0 Å². The fourth-order valence-corrected chi connectivity index (χ4v) is 3.93. The Morgan fingerprint density at radius 3 is 2.20 bits per heavy atom. The standard InChI is InChI=1S/C15H25N3O2/c1-2-11-9-12-13(10-11)15(20)18(14(12)19)8-7-17-5-3-16-4-6-17/h11-13,16H,2-10H2,1H3. The zero-order chi connectivity index (χ0) is 14.1. The third-order valence-electron chi connectivity index (χ3n) is 5.25. The number of imide groups is 1. The summed E-state index contributed by atoms with van der Waals surface area (Å²) in [5, 5.41) is 3.31. The molecule has 0 aromatic rings. The van der Waals surface area contributed by atoms with E-state index in [2.05, 4.69) is 17.1 Å². The summed E-state index contributed by atoms with van der Waals surface area (Å²) in [6, 6.07) is 0. The molecule has 1 N–H and O–H groups in total. The largest absolute Gasteiger partial charge is 0.314 e. The highest BCUT2D eigenvalue weighted by molar-refractivity contribution is 6.05. The Morgan fingerprint density at radius 1 is 1.05 bits per heavy atom. The molecular formula is C15H25N3O2. The zero-order valence-corrected chi connectivity index (χ0v) is 12.3. The molecule has 0 aromatic heterocycles. The van der Waals surface area contributed by atoms with E-state index < -0.39 is 0 Å². The second-order valence-electron chi connectivity index (χ2n) is 6.38. The molecule has 3 fully saturated rings. The smallest absolute Gasteiger partial charge is 0.233 e. The van der Waals surface area contributed by atoms with Crippen molar-refractivity contribution in [2.45, 2.75) is 26.2 Å². The van der Waals surface area contributed by atoms with Crippen LogP contribution in [0.1, 0.15) is 26.2 Å². The van der Waals surface area contributed by atoms with E-state index in [1.165, 1.54) is 0 Å². The van der Waals surface area contributed by atoms with Gasteiger partial charge in [-0.05, 0) is 18.8 Å². The molecule has 2 heterocycles. The minimum absolute atomic E-state index is 0.00419. The van der Waals surface area contributed by atoms with Crippen LogP contribution in [0.15, 0.2) is 0 Å². The summed E-state index contributed by atoms with van der Waals surface area (Å²) in [6.45, 7) is 7.61. The number of likely N-dealkylation sites (tertiary alicyclic amines) is 1. The number of nitrogens with zero attached hydrogens (tertiary/aromatic N) is 2. The summed E-state index contributed by atoms with van der Waals surface area (Å²) in [4.78, 5) is 28.7. The van der Waals surface area contributed by atoms with Crippen LogP contribution in [-0.4, -0.2) is 60.9 Å². The normalized spacial score (nSPS) is 34.9. The second kappa shape index (κ2) is 5.82. The summed E-state index contributed by atoms with van der Waals surface area (Å²) in [5.41, 5.74) is 0. The fourth-order valence-electron chi connectivity index (χ4n) is 3.93. The minimum atomic E-state index is -0.00419. The van der Waals surface area contributed by atoms with E-state index in [0.717, 1.165) is 52.0 Å². The van der Waals surface area contributed by atoms with Crippen LogP contribution in [0.4, 0.5) is 0 Å². The first kappa shape index (κ1) is 14.0. The van der Waals surface area contributed by atoms with E-state index in [4.69, 9.17) is 0 Å². The lowest BCUT2D eigenvalue weighted by molar-refractivity contribution is -0.140. The van der Waals surface area contributed by atoms with Crippen molar-refractivity contribution >= 4 is 11.8 Å². The maximum atomic E-state index is 12.4. The number of hydrogen-bond acceptors (Lipinski definition) is 4. The van der Waals surface area contributed by atoms with Crippen molar-refractivity contribution in [3.8, 4) is 0 Å². The minimum Gasteiger partial charge on any atom is -0.314 e. The maximum Gasteiger partial charge on any atom is 0.233 e. The quantitative estimate of drug-likeness (QED) is 0.753. The summed E-state index contributed by atoms with van der Waals surface area (Å²) in [6.07, 6.45) is 2.94. The molecule has 2 atom stereocenters. The van der Waals surface area contributed by atoms with Crippen LogP contribution in [0.5, 0.6) is 0 Å². The van der Waals surface area contributed by atoms with Crippen LogP contribution in [0.3, 0.4) is 0 Å². The van der Waals surface area contributed by atoms with Gasteiger partial charge in [0.1, 0.15) is 0 Å². The Balaban J connectivity index is 1.56. The van der Waals surface area contributed by atoms with Gasteiger partial charge in [-0.2, -0.15) is 0 Å². The molecule has 1 aliphatic carbocycles. The number of piperazine rings is 1. The molecule has 0 bridgehead atoms. The first-order valence-corrected chi connectivity index (χ1v) is 7.99. The SMILES string of the molecule is CCC1CC2C(=O)N(CCN3CCNCC3)C(=O)C2C1. The van der Waals surface area contributed by atoms with Crippen molar-refractivity contribution in [1.29, 1.82) is 0 Å². The fraction of sp³-hybridized carbons (Fsp3) is 0.867. The highest BCUT2D eigenvalue weighted by Crippen LogP contribution is 2.44. The highest BCUT2D eigenvalue weighted by atomic mass is 16.2. The van der Waals surface area contributed by atoms with Gasteiger partial charge in [-0.15, -0.1) is 0 Å². The Kier molecular flexibility index (Phi) is 4.08. The van der Waals surface area contributed by atoms with Crippen LogP contribution in [0, 0.1) is 17.8 Å². The average Bonchev–Trinajstić information content (AvgIpc) is 3.00. The molecule has 0 spiro atoms. The molecule has 0 aromatic carbocycles. The number of carbonyl (C=O) groups excluding carboxylic acids is 2. The van der Waals surface area contributed by atoms with Crippen molar-refractivity contribution < 1.29 is 9.59 Å². The molecule has 2 aliphatic heterocycles. The average molecular weight is 279 g/mol. The molecule has 5 heteroatoms. The molecule has 1 saturated carbocycles. The lowest BCUT2D eigenvalue weighted by Crippen LogP contribution is -2.47. The Morgan fingerprint density at radius 2 is 1.65 bits per heavy atom. The molecule has 2 unspecified atom stereocenters. The third-order valence-corrected chi connectivity index (χ3v) is 5.25. The lowest BCUT2D eigenvalue weighted by atomic mass is 10.00. The molecule has 5 nitrogen and oxygen atoms in total. The summed E-state index contributed by atoms with van der Waals surface area (Å²) in [7, 11) is 0. The van der Waals surface area contributed by atoms with Gasteiger partial charge in [0.2, 0.25) is 11.8 Å². The van der Waals surface area contributed by atoms with E-state index in [1.807, 2.05) is 0 Å². The summed E-state index contributed by atoms with van der Waals surface area (Å²) in [5.74, 6) is 0.774. The number of rotatable bonds is 4. The third kappa shape index (κ3) is 2.49. The van der Waals surface area contributed by atoms with Crippen molar-refractivity contribution in [1.82, 2.24) is 15.1 Å². The molecular weight excluding hydrogens is 254 g/mol. The van der Waals surface area contributed by atoms with Gasteiger partial charge in [-0.25, -0.2) is 0 Å².